The molecular weight excluding hydrogens is 526 g/mol. The first-order valence-electron chi connectivity index (χ1n) is 14.5. The zero-order valence-corrected chi connectivity index (χ0v) is 23.0. The predicted molar refractivity (Wildman–Crippen MR) is 177 cm³/mol. The van der Waals surface area contributed by atoms with Crippen LogP contribution in [-0.4, -0.2) is 23.5 Å². The zero-order valence-electron chi connectivity index (χ0n) is 23.0. The number of benzene rings is 5. The molecule has 0 saturated heterocycles. The van der Waals surface area contributed by atoms with Gasteiger partial charge in [-0.25, -0.2) is 4.98 Å². The second-order valence-electron chi connectivity index (χ2n) is 11.1. The van der Waals surface area contributed by atoms with Crippen molar-refractivity contribution in [2.45, 2.75) is 0 Å². The molecule has 5 aromatic carbocycles. The molecule has 10 rings (SSSR count). The molecule has 0 saturated carbocycles. The summed E-state index contributed by atoms with van der Waals surface area (Å²) >= 11 is 0. The molecular formula is C38H23N5. The maximum absolute atomic E-state index is 4.81. The number of para-hydroxylation sites is 3. The normalized spacial score (nSPS) is 12.2. The van der Waals surface area contributed by atoms with Crippen molar-refractivity contribution in [1.82, 2.24) is 23.5 Å². The SMILES string of the molecule is c1ccc(-n2c3ccccc3c3c2ccc2c4ccc5c(c6ccncc6n6ccnc56)c4n(-c4ccccc4)c23)cc1. The first-order chi connectivity index (χ1) is 21.4. The summed E-state index contributed by atoms with van der Waals surface area (Å²) in [7, 11) is 0. The Kier molecular flexibility index (Phi) is 4.39. The number of rotatable bonds is 2. The summed E-state index contributed by atoms with van der Waals surface area (Å²) in [5, 5.41) is 8.41. The van der Waals surface area contributed by atoms with Crippen LogP contribution in [-0.2, 0) is 0 Å². The van der Waals surface area contributed by atoms with E-state index >= 15 is 0 Å². The average molecular weight is 550 g/mol. The average Bonchev–Trinajstić information content (AvgIpc) is 3.78. The summed E-state index contributed by atoms with van der Waals surface area (Å²) in [5.41, 5.74) is 9.05. The van der Waals surface area contributed by atoms with E-state index in [1.165, 1.54) is 49.0 Å². The van der Waals surface area contributed by atoms with E-state index in [1.54, 1.807) is 0 Å². The highest BCUT2D eigenvalue weighted by Crippen LogP contribution is 2.45. The molecule has 5 heteroatoms. The minimum Gasteiger partial charge on any atom is -0.309 e. The Morgan fingerprint density at radius 3 is 1.91 bits per heavy atom. The number of fused-ring (bicyclic) bond motifs is 14. The van der Waals surface area contributed by atoms with Crippen LogP contribution in [0.1, 0.15) is 0 Å². The van der Waals surface area contributed by atoms with Gasteiger partial charge < -0.3 is 9.13 Å². The second-order valence-corrected chi connectivity index (χ2v) is 11.1. The molecule has 5 heterocycles. The summed E-state index contributed by atoms with van der Waals surface area (Å²) in [6.07, 6.45) is 7.74. The van der Waals surface area contributed by atoms with Gasteiger partial charge in [0.25, 0.3) is 0 Å². The molecule has 0 atom stereocenters. The Morgan fingerprint density at radius 1 is 0.442 bits per heavy atom. The Labute approximate surface area is 245 Å². The van der Waals surface area contributed by atoms with Crippen LogP contribution in [0.5, 0.6) is 0 Å². The molecule has 0 amide bonds. The molecule has 0 unspecified atom stereocenters. The summed E-state index contributed by atoms with van der Waals surface area (Å²) in [4.78, 5) is 9.31. The van der Waals surface area contributed by atoms with E-state index in [-0.39, 0.29) is 0 Å². The maximum Gasteiger partial charge on any atom is 0.145 e. The lowest BCUT2D eigenvalue weighted by molar-refractivity contribution is 1.18. The van der Waals surface area contributed by atoms with E-state index in [0.717, 1.165) is 33.3 Å². The number of hydrogen-bond donors (Lipinski definition) is 0. The van der Waals surface area contributed by atoms with Crippen molar-refractivity contribution in [3.8, 4) is 11.4 Å². The van der Waals surface area contributed by atoms with Gasteiger partial charge in [-0.3, -0.25) is 9.38 Å². The van der Waals surface area contributed by atoms with Gasteiger partial charge in [-0.2, -0.15) is 0 Å². The summed E-state index contributed by atoms with van der Waals surface area (Å²) < 4.78 is 7.03. The van der Waals surface area contributed by atoms with Crippen LogP contribution in [0.15, 0.2) is 140 Å². The highest BCUT2D eigenvalue weighted by molar-refractivity contribution is 6.32. The van der Waals surface area contributed by atoms with Gasteiger partial charge in [-0.15, -0.1) is 0 Å². The maximum atomic E-state index is 4.81. The van der Waals surface area contributed by atoms with Crippen LogP contribution in [0.2, 0.25) is 0 Å². The predicted octanol–water partition coefficient (Wildman–Crippen LogP) is 9.23. The van der Waals surface area contributed by atoms with Gasteiger partial charge in [0.1, 0.15) is 5.65 Å². The first-order valence-corrected chi connectivity index (χ1v) is 14.5. The van der Waals surface area contributed by atoms with Gasteiger partial charge in [0.15, 0.2) is 0 Å². The van der Waals surface area contributed by atoms with E-state index < -0.39 is 0 Å². The van der Waals surface area contributed by atoms with E-state index in [4.69, 9.17) is 4.98 Å². The van der Waals surface area contributed by atoms with Crippen molar-refractivity contribution in [3.05, 3.63) is 140 Å². The third-order valence-corrected chi connectivity index (χ3v) is 8.97. The molecule has 0 aliphatic carbocycles. The molecule has 5 aromatic heterocycles. The lowest BCUT2D eigenvalue weighted by Gasteiger charge is -2.13. The van der Waals surface area contributed by atoms with Crippen LogP contribution >= 0.6 is 0 Å². The van der Waals surface area contributed by atoms with Crippen LogP contribution < -0.4 is 0 Å². The quantitative estimate of drug-likeness (QED) is 0.202. The topological polar surface area (TPSA) is 40.1 Å². The number of nitrogens with zero attached hydrogens (tertiary/aromatic N) is 5. The van der Waals surface area contributed by atoms with Gasteiger partial charge in [0.2, 0.25) is 0 Å². The van der Waals surface area contributed by atoms with Crippen LogP contribution in [0, 0.1) is 0 Å². The van der Waals surface area contributed by atoms with Gasteiger partial charge >= 0.3 is 0 Å². The smallest absolute Gasteiger partial charge is 0.145 e. The van der Waals surface area contributed by atoms with Crippen molar-refractivity contribution in [1.29, 1.82) is 0 Å². The van der Waals surface area contributed by atoms with Crippen molar-refractivity contribution in [2.75, 3.05) is 0 Å². The van der Waals surface area contributed by atoms with Crippen molar-refractivity contribution < 1.29 is 0 Å². The molecule has 0 aliphatic heterocycles. The van der Waals surface area contributed by atoms with Crippen molar-refractivity contribution >= 4 is 70.9 Å². The molecule has 10 aromatic rings. The molecule has 0 aliphatic rings. The zero-order chi connectivity index (χ0) is 28.1. The minimum absolute atomic E-state index is 0.938. The molecule has 0 fully saturated rings. The Hall–Kier alpha value is -5.94. The highest BCUT2D eigenvalue weighted by atomic mass is 15.0. The fraction of sp³-hybridized carbons (Fsp3) is 0. The molecule has 0 spiro atoms. The third-order valence-electron chi connectivity index (χ3n) is 8.97. The minimum atomic E-state index is 0.938. The summed E-state index contributed by atoms with van der Waals surface area (Å²) in [5.74, 6) is 0. The molecule has 5 nitrogen and oxygen atoms in total. The van der Waals surface area contributed by atoms with E-state index in [2.05, 4.69) is 134 Å². The van der Waals surface area contributed by atoms with Crippen molar-refractivity contribution in [2.24, 2.45) is 0 Å². The molecule has 200 valence electrons. The van der Waals surface area contributed by atoms with Gasteiger partial charge in [0, 0.05) is 67.7 Å². The first kappa shape index (κ1) is 22.7. The fourth-order valence-electron chi connectivity index (χ4n) is 7.28. The van der Waals surface area contributed by atoms with E-state index in [0.29, 0.717) is 0 Å². The largest absolute Gasteiger partial charge is 0.309 e. The lowest BCUT2D eigenvalue weighted by atomic mass is 10.0. The number of hydrogen-bond acceptors (Lipinski definition) is 2. The van der Waals surface area contributed by atoms with Gasteiger partial charge in [-0.05, 0) is 48.5 Å². The molecule has 43 heavy (non-hydrogen) atoms. The van der Waals surface area contributed by atoms with Gasteiger partial charge in [0.05, 0.1) is 33.8 Å². The number of aromatic nitrogens is 5. The number of imidazole rings is 1. The fourth-order valence-corrected chi connectivity index (χ4v) is 7.28. The Morgan fingerprint density at radius 2 is 1.09 bits per heavy atom. The van der Waals surface area contributed by atoms with E-state index in [1.807, 2.05) is 24.8 Å². The molecule has 0 N–H and O–H groups in total. The Bertz CT molecular complexity index is 2710. The van der Waals surface area contributed by atoms with Crippen LogP contribution in [0.3, 0.4) is 0 Å². The molecule has 0 bridgehead atoms. The monoisotopic (exact) mass is 549 g/mol. The summed E-state index contributed by atoms with van der Waals surface area (Å²) in [6.45, 7) is 0. The van der Waals surface area contributed by atoms with Crippen LogP contribution in [0.25, 0.3) is 82.3 Å². The molecule has 0 radical (unpaired) electrons. The standard InChI is InChI=1S/C38H23N5/c1-3-9-24(10-4-1)42-31-14-8-7-13-28(31)35-32(42)18-17-27-26-15-16-30-34(36(26)43(37(27)35)25-11-5-2-6-12-25)29-19-20-39-23-33(29)41-22-21-40-38(30)41/h1-23H. The number of pyridine rings is 2. The second kappa shape index (κ2) is 8.30. The van der Waals surface area contributed by atoms with Crippen LogP contribution in [0.4, 0.5) is 0 Å². The Balaban J connectivity index is 1.53. The highest BCUT2D eigenvalue weighted by Gasteiger charge is 2.23. The summed E-state index contributed by atoms with van der Waals surface area (Å²) in [6, 6.07) is 41.5. The van der Waals surface area contributed by atoms with E-state index in [9.17, 15) is 0 Å². The van der Waals surface area contributed by atoms with Crippen molar-refractivity contribution in [3.63, 3.8) is 0 Å². The van der Waals surface area contributed by atoms with Gasteiger partial charge in [-0.1, -0.05) is 66.7 Å². The third kappa shape index (κ3) is 2.90. The lowest BCUT2D eigenvalue weighted by Crippen LogP contribution is -1.97.